The smallest absolute Gasteiger partial charge is 0.230 e. The lowest BCUT2D eigenvalue weighted by Gasteiger charge is -2.42. The molecule has 2 N–H and O–H groups in total. The number of rotatable bonds is 3. The van der Waals surface area contributed by atoms with E-state index in [2.05, 4.69) is 5.32 Å². The van der Waals surface area contributed by atoms with Gasteiger partial charge in [-0.15, -0.1) is 0 Å². The van der Waals surface area contributed by atoms with Gasteiger partial charge in [0.1, 0.15) is 0 Å². The molecule has 2 aliphatic rings. The maximum atomic E-state index is 12.8. The molecule has 0 bridgehead atoms. The summed E-state index contributed by atoms with van der Waals surface area (Å²) >= 11 is 5.95. The van der Waals surface area contributed by atoms with Crippen molar-refractivity contribution in [1.82, 2.24) is 5.32 Å². The summed E-state index contributed by atoms with van der Waals surface area (Å²) in [6.07, 6.45) is 6.07. The van der Waals surface area contributed by atoms with Gasteiger partial charge in [0.15, 0.2) is 0 Å². The summed E-state index contributed by atoms with van der Waals surface area (Å²) < 4.78 is 0. The first-order chi connectivity index (χ1) is 10.1. The Hall–Kier alpha value is -1.06. The van der Waals surface area contributed by atoms with Crippen LogP contribution in [-0.2, 0) is 10.2 Å². The van der Waals surface area contributed by atoms with Crippen molar-refractivity contribution < 1.29 is 9.90 Å². The van der Waals surface area contributed by atoms with Crippen molar-refractivity contribution in [3.8, 4) is 0 Å². The highest BCUT2D eigenvalue weighted by atomic mass is 35.5. The normalized spacial score (nSPS) is 27.7. The van der Waals surface area contributed by atoms with E-state index in [0.29, 0.717) is 5.02 Å². The zero-order valence-corrected chi connectivity index (χ0v) is 12.9. The topological polar surface area (TPSA) is 49.3 Å². The van der Waals surface area contributed by atoms with Crippen molar-refractivity contribution >= 4 is 17.5 Å². The molecule has 0 aliphatic heterocycles. The first-order valence-electron chi connectivity index (χ1n) is 7.85. The van der Waals surface area contributed by atoms with Gasteiger partial charge in [-0.3, -0.25) is 4.79 Å². The quantitative estimate of drug-likeness (QED) is 0.901. The molecule has 0 atom stereocenters. The van der Waals surface area contributed by atoms with Gasteiger partial charge in [0.2, 0.25) is 5.91 Å². The summed E-state index contributed by atoms with van der Waals surface area (Å²) in [5.74, 6) is 0.150. The molecule has 114 valence electrons. The number of halogens is 1. The maximum Gasteiger partial charge on any atom is 0.230 e. The van der Waals surface area contributed by atoms with Crippen LogP contribution in [0.3, 0.4) is 0 Å². The summed E-state index contributed by atoms with van der Waals surface area (Å²) in [4.78, 5) is 12.8. The molecule has 2 saturated carbocycles. The van der Waals surface area contributed by atoms with E-state index in [1.54, 1.807) is 0 Å². The van der Waals surface area contributed by atoms with Gasteiger partial charge >= 0.3 is 0 Å². The molecule has 3 rings (SSSR count). The summed E-state index contributed by atoms with van der Waals surface area (Å²) in [7, 11) is 0. The highest BCUT2D eigenvalue weighted by molar-refractivity contribution is 6.30. The molecule has 1 aromatic carbocycles. The second-order valence-electron chi connectivity index (χ2n) is 6.42. The number of aliphatic hydroxyl groups is 1. The maximum absolute atomic E-state index is 12.8. The van der Waals surface area contributed by atoms with Gasteiger partial charge < -0.3 is 10.4 Å². The van der Waals surface area contributed by atoms with Gasteiger partial charge in [0.05, 0.1) is 11.5 Å². The Balaban J connectivity index is 1.70. The van der Waals surface area contributed by atoms with Crippen molar-refractivity contribution in [2.45, 2.75) is 62.5 Å². The summed E-state index contributed by atoms with van der Waals surface area (Å²) in [5, 5.41) is 13.5. The van der Waals surface area contributed by atoms with E-state index in [1.807, 2.05) is 24.3 Å². The van der Waals surface area contributed by atoms with Crippen LogP contribution in [0.1, 0.15) is 50.5 Å². The molecular weight excluding hydrogens is 286 g/mol. The fourth-order valence-electron chi connectivity index (χ4n) is 3.49. The number of hydrogen-bond donors (Lipinski definition) is 2. The first kappa shape index (κ1) is 14.9. The first-order valence-corrected chi connectivity index (χ1v) is 8.23. The minimum Gasteiger partial charge on any atom is -0.393 e. The third kappa shape index (κ3) is 2.95. The largest absolute Gasteiger partial charge is 0.393 e. The van der Waals surface area contributed by atoms with Gasteiger partial charge in [-0.25, -0.2) is 0 Å². The Morgan fingerprint density at radius 1 is 1.14 bits per heavy atom. The van der Waals surface area contributed by atoms with E-state index in [1.165, 1.54) is 0 Å². The number of benzene rings is 1. The predicted molar refractivity (Wildman–Crippen MR) is 83.4 cm³/mol. The zero-order valence-electron chi connectivity index (χ0n) is 12.1. The number of hydrogen-bond acceptors (Lipinski definition) is 2. The van der Waals surface area contributed by atoms with Crippen LogP contribution in [0, 0.1) is 0 Å². The van der Waals surface area contributed by atoms with Gasteiger partial charge in [0, 0.05) is 11.1 Å². The van der Waals surface area contributed by atoms with Gasteiger partial charge in [-0.05, 0) is 56.2 Å². The average Bonchev–Trinajstić information content (AvgIpc) is 2.42. The molecule has 2 fully saturated rings. The van der Waals surface area contributed by atoms with Crippen molar-refractivity contribution in [2.24, 2.45) is 0 Å². The SMILES string of the molecule is O=C(NC1CCC(O)CC1)C1(c2ccc(Cl)cc2)CCC1. The molecule has 1 aromatic rings. The molecule has 21 heavy (non-hydrogen) atoms. The second-order valence-corrected chi connectivity index (χ2v) is 6.86. The highest BCUT2D eigenvalue weighted by Gasteiger charge is 2.46. The van der Waals surface area contributed by atoms with Crippen LogP contribution in [0.15, 0.2) is 24.3 Å². The molecule has 0 saturated heterocycles. The Morgan fingerprint density at radius 3 is 2.29 bits per heavy atom. The van der Waals surface area contributed by atoms with Crippen LogP contribution in [0.2, 0.25) is 5.02 Å². The van der Waals surface area contributed by atoms with Crippen LogP contribution in [0.25, 0.3) is 0 Å². The molecule has 0 aromatic heterocycles. The van der Waals surface area contributed by atoms with Crippen LogP contribution in [-0.4, -0.2) is 23.2 Å². The Bertz CT molecular complexity index is 502. The van der Waals surface area contributed by atoms with Crippen molar-refractivity contribution in [3.63, 3.8) is 0 Å². The zero-order chi connectivity index (χ0) is 14.9. The monoisotopic (exact) mass is 307 g/mol. The number of carbonyl (C=O) groups excluding carboxylic acids is 1. The third-order valence-corrected chi connectivity index (χ3v) is 5.32. The van der Waals surface area contributed by atoms with E-state index >= 15 is 0 Å². The summed E-state index contributed by atoms with van der Waals surface area (Å²) in [5.41, 5.74) is 0.715. The molecular formula is C17H22ClNO2. The molecule has 0 heterocycles. The number of nitrogens with one attached hydrogen (secondary N) is 1. The number of carbonyl (C=O) groups is 1. The predicted octanol–water partition coefficient (Wildman–Crippen LogP) is 3.18. The van der Waals surface area contributed by atoms with Gasteiger partial charge in [-0.2, -0.15) is 0 Å². The van der Waals surface area contributed by atoms with E-state index in [4.69, 9.17) is 11.6 Å². The van der Waals surface area contributed by atoms with Crippen molar-refractivity contribution in [3.05, 3.63) is 34.9 Å². The molecule has 4 heteroatoms. The lowest BCUT2D eigenvalue weighted by molar-refractivity contribution is -0.131. The lowest BCUT2D eigenvalue weighted by Crippen LogP contribution is -2.52. The van der Waals surface area contributed by atoms with E-state index in [9.17, 15) is 9.90 Å². The molecule has 3 nitrogen and oxygen atoms in total. The summed E-state index contributed by atoms with van der Waals surface area (Å²) in [6.45, 7) is 0. The molecule has 0 unspecified atom stereocenters. The van der Waals surface area contributed by atoms with Gasteiger partial charge in [0.25, 0.3) is 0 Å². The van der Waals surface area contributed by atoms with Crippen LogP contribution >= 0.6 is 11.6 Å². The van der Waals surface area contributed by atoms with E-state index in [-0.39, 0.29) is 23.5 Å². The minimum atomic E-state index is -0.360. The Labute approximate surface area is 130 Å². The van der Waals surface area contributed by atoms with E-state index in [0.717, 1.165) is 50.5 Å². The van der Waals surface area contributed by atoms with Crippen molar-refractivity contribution in [2.75, 3.05) is 0 Å². The van der Waals surface area contributed by atoms with Crippen LogP contribution in [0.5, 0.6) is 0 Å². The minimum absolute atomic E-state index is 0.150. The fourth-order valence-corrected chi connectivity index (χ4v) is 3.62. The molecule has 1 amide bonds. The Morgan fingerprint density at radius 2 is 1.76 bits per heavy atom. The lowest BCUT2D eigenvalue weighted by atomic mass is 9.63. The van der Waals surface area contributed by atoms with E-state index < -0.39 is 0 Å². The van der Waals surface area contributed by atoms with Crippen molar-refractivity contribution in [1.29, 1.82) is 0 Å². The Kier molecular flexibility index (Phi) is 4.23. The average molecular weight is 308 g/mol. The van der Waals surface area contributed by atoms with Gasteiger partial charge in [-0.1, -0.05) is 30.2 Å². The molecule has 0 spiro atoms. The molecule has 0 radical (unpaired) electrons. The fraction of sp³-hybridized carbons (Fsp3) is 0.588. The number of amides is 1. The van der Waals surface area contributed by atoms with Crippen LogP contribution < -0.4 is 5.32 Å². The van der Waals surface area contributed by atoms with Crippen LogP contribution in [0.4, 0.5) is 0 Å². The summed E-state index contributed by atoms with van der Waals surface area (Å²) in [6, 6.07) is 7.89. The number of aliphatic hydroxyl groups excluding tert-OH is 1. The standard InChI is InChI=1S/C17H22ClNO2/c18-13-4-2-12(3-5-13)17(10-1-11-17)16(21)19-14-6-8-15(20)9-7-14/h2-5,14-15,20H,1,6-11H2,(H,19,21). The second kappa shape index (κ2) is 5.98. The third-order valence-electron chi connectivity index (χ3n) is 5.07. The highest BCUT2D eigenvalue weighted by Crippen LogP contribution is 2.44. The molecule has 2 aliphatic carbocycles.